The van der Waals surface area contributed by atoms with E-state index in [-0.39, 0.29) is 17.9 Å². The van der Waals surface area contributed by atoms with Gasteiger partial charge in [-0.3, -0.25) is 4.79 Å². The topological polar surface area (TPSA) is 55.4 Å². The zero-order chi connectivity index (χ0) is 18.0. The lowest BCUT2D eigenvalue weighted by atomic mass is 9.87. The Morgan fingerprint density at radius 1 is 1.24 bits per heavy atom. The molecule has 1 atom stereocenters. The molecule has 0 bridgehead atoms. The van der Waals surface area contributed by atoms with Crippen LogP contribution in [0.25, 0.3) is 0 Å². The number of aryl methyl sites for hydroxylation is 1. The molecule has 25 heavy (non-hydrogen) atoms. The molecule has 0 saturated heterocycles. The van der Waals surface area contributed by atoms with Gasteiger partial charge in [0, 0.05) is 5.57 Å². The predicted octanol–water partition coefficient (Wildman–Crippen LogP) is 3.78. The zero-order valence-corrected chi connectivity index (χ0v) is 15.1. The number of carbonyl (C=O) groups excluding carboxylic acids is 2. The fraction of sp³-hybridized carbons (Fsp3) is 0.429. The molecule has 0 heterocycles. The van der Waals surface area contributed by atoms with E-state index < -0.39 is 0 Å². The number of carbonyl (C=O) groups is 2. The van der Waals surface area contributed by atoms with Crippen LogP contribution in [0.4, 0.5) is 0 Å². The lowest BCUT2D eigenvalue weighted by Crippen LogP contribution is -2.32. The molecule has 1 aromatic carbocycles. The Morgan fingerprint density at radius 3 is 2.76 bits per heavy atom. The SMILES string of the molecule is CCOC(=O)C1=C(C)CC(C(=O)N[C@@H]2CCCc3ccccc32)=C1C. The molecule has 0 aromatic heterocycles. The van der Waals surface area contributed by atoms with Crippen molar-refractivity contribution in [1.29, 1.82) is 0 Å². The number of ether oxygens (including phenoxy) is 1. The molecule has 0 fully saturated rings. The largest absolute Gasteiger partial charge is 0.462 e. The number of amides is 1. The molecular formula is C21H25NO3. The lowest BCUT2D eigenvalue weighted by Gasteiger charge is -2.26. The zero-order valence-electron chi connectivity index (χ0n) is 15.1. The van der Waals surface area contributed by atoms with Crippen LogP contribution in [0.2, 0.25) is 0 Å². The molecule has 0 saturated carbocycles. The summed E-state index contributed by atoms with van der Waals surface area (Å²) in [6, 6.07) is 8.35. The van der Waals surface area contributed by atoms with Gasteiger partial charge in [0.2, 0.25) is 5.91 Å². The molecule has 2 aliphatic carbocycles. The summed E-state index contributed by atoms with van der Waals surface area (Å²) in [6.45, 7) is 5.86. The second kappa shape index (κ2) is 7.26. The fourth-order valence-corrected chi connectivity index (χ4v) is 3.89. The third-order valence-corrected chi connectivity index (χ3v) is 5.12. The Kier molecular flexibility index (Phi) is 5.07. The number of hydrogen-bond acceptors (Lipinski definition) is 3. The average Bonchev–Trinajstić information content (AvgIpc) is 2.90. The maximum Gasteiger partial charge on any atom is 0.338 e. The molecular weight excluding hydrogens is 314 g/mol. The lowest BCUT2D eigenvalue weighted by molar-refractivity contribution is -0.138. The van der Waals surface area contributed by atoms with Crippen molar-refractivity contribution in [2.24, 2.45) is 0 Å². The Bertz CT molecular complexity index is 773. The predicted molar refractivity (Wildman–Crippen MR) is 96.9 cm³/mol. The summed E-state index contributed by atoms with van der Waals surface area (Å²) in [5.41, 5.74) is 5.44. The van der Waals surface area contributed by atoms with E-state index in [1.807, 2.05) is 26.0 Å². The number of nitrogens with one attached hydrogen (secondary N) is 1. The third-order valence-electron chi connectivity index (χ3n) is 5.12. The van der Waals surface area contributed by atoms with Gasteiger partial charge in [-0.1, -0.05) is 29.8 Å². The van der Waals surface area contributed by atoms with Crippen LogP contribution in [0.5, 0.6) is 0 Å². The van der Waals surface area contributed by atoms with E-state index in [2.05, 4.69) is 17.4 Å². The standard InChI is InChI=1S/C21H25NO3/c1-4-25-21(24)19-13(2)12-17(14(19)3)20(23)22-18-11-7-9-15-8-5-6-10-16(15)18/h5-6,8,10,18H,4,7,9,11-12H2,1-3H3,(H,22,23)/t18-/m1/s1. The van der Waals surface area contributed by atoms with Gasteiger partial charge >= 0.3 is 5.97 Å². The van der Waals surface area contributed by atoms with Gasteiger partial charge < -0.3 is 10.1 Å². The molecule has 0 spiro atoms. The van der Waals surface area contributed by atoms with E-state index in [0.717, 1.165) is 30.4 Å². The van der Waals surface area contributed by atoms with Crippen LogP contribution < -0.4 is 5.32 Å². The van der Waals surface area contributed by atoms with E-state index in [4.69, 9.17) is 4.74 Å². The van der Waals surface area contributed by atoms with Crippen LogP contribution in [0, 0.1) is 0 Å². The number of allylic oxidation sites excluding steroid dienone is 1. The van der Waals surface area contributed by atoms with Crippen LogP contribution in [0.3, 0.4) is 0 Å². The van der Waals surface area contributed by atoms with Crippen LogP contribution in [-0.4, -0.2) is 18.5 Å². The van der Waals surface area contributed by atoms with Crippen molar-refractivity contribution in [2.75, 3.05) is 6.61 Å². The van der Waals surface area contributed by atoms with Gasteiger partial charge in [-0.05, 0) is 63.2 Å². The van der Waals surface area contributed by atoms with Crippen molar-refractivity contribution in [3.8, 4) is 0 Å². The van der Waals surface area contributed by atoms with Crippen molar-refractivity contribution < 1.29 is 14.3 Å². The first kappa shape index (κ1) is 17.5. The summed E-state index contributed by atoms with van der Waals surface area (Å²) >= 11 is 0. The molecule has 132 valence electrons. The minimum atomic E-state index is -0.330. The highest BCUT2D eigenvalue weighted by molar-refractivity contribution is 6.03. The molecule has 4 heteroatoms. The van der Waals surface area contributed by atoms with Crippen molar-refractivity contribution in [3.63, 3.8) is 0 Å². The van der Waals surface area contributed by atoms with Crippen LogP contribution >= 0.6 is 0 Å². The monoisotopic (exact) mass is 339 g/mol. The van der Waals surface area contributed by atoms with Gasteiger partial charge in [-0.2, -0.15) is 0 Å². The summed E-state index contributed by atoms with van der Waals surface area (Å²) in [4.78, 5) is 25.0. The Balaban J connectivity index is 1.78. The Hall–Kier alpha value is -2.36. The highest BCUT2D eigenvalue weighted by Gasteiger charge is 2.30. The fourth-order valence-electron chi connectivity index (χ4n) is 3.89. The van der Waals surface area contributed by atoms with Crippen molar-refractivity contribution in [1.82, 2.24) is 5.32 Å². The van der Waals surface area contributed by atoms with Crippen molar-refractivity contribution >= 4 is 11.9 Å². The summed E-state index contributed by atoms with van der Waals surface area (Å²) in [5, 5.41) is 3.18. The maximum absolute atomic E-state index is 12.9. The second-order valence-corrected chi connectivity index (χ2v) is 6.77. The summed E-state index contributed by atoms with van der Waals surface area (Å²) < 4.78 is 5.13. The van der Waals surface area contributed by atoms with Crippen LogP contribution in [0.1, 0.15) is 57.2 Å². The third kappa shape index (κ3) is 3.39. The summed E-state index contributed by atoms with van der Waals surface area (Å²) in [5.74, 6) is -0.402. The molecule has 1 aromatic rings. The van der Waals surface area contributed by atoms with Crippen molar-refractivity contribution in [3.05, 3.63) is 57.7 Å². The first-order valence-corrected chi connectivity index (χ1v) is 8.98. The van der Waals surface area contributed by atoms with E-state index in [1.165, 1.54) is 11.1 Å². The number of esters is 1. The summed E-state index contributed by atoms with van der Waals surface area (Å²) in [7, 11) is 0. The van der Waals surface area contributed by atoms with Gasteiger partial charge in [0.15, 0.2) is 0 Å². The van der Waals surface area contributed by atoms with Gasteiger partial charge in [0.1, 0.15) is 0 Å². The second-order valence-electron chi connectivity index (χ2n) is 6.77. The van der Waals surface area contributed by atoms with E-state index >= 15 is 0 Å². The van der Waals surface area contributed by atoms with E-state index in [9.17, 15) is 9.59 Å². The van der Waals surface area contributed by atoms with E-state index in [0.29, 0.717) is 24.2 Å². The quantitative estimate of drug-likeness (QED) is 0.849. The van der Waals surface area contributed by atoms with Crippen LogP contribution in [0.15, 0.2) is 46.6 Å². The first-order chi connectivity index (χ1) is 12.0. The maximum atomic E-state index is 12.9. The highest BCUT2D eigenvalue weighted by atomic mass is 16.5. The van der Waals surface area contributed by atoms with E-state index in [1.54, 1.807) is 6.92 Å². The molecule has 2 aliphatic rings. The minimum Gasteiger partial charge on any atom is -0.462 e. The summed E-state index contributed by atoms with van der Waals surface area (Å²) in [6.07, 6.45) is 3.61. The highest BCUT2D eigenvalue weighted by Crippen LogP contribution is 2.34. The molecule has 3 rings (SSSR count). The normalized spacial score (nSPS) is 19.7. The van der Waals surface area contributed by atoms with Gasteiger partial charge in [0.05, 0.1) is 18.2 Å². The smallest absolute Gasteiger partial charge is 0.338 e. The number of hydrogen-bond donors (Lipinski definition) is 1. The minimum absolute atomic E-state index is 0.0460. The molecule has 0 unspecified atom stereocenters. The molecule has 1 N–H and O–H groups in total. The Labute approximate surface area is 149 Å². The first-order valence-electron chi connectivity index (χ1n) is 8.98. The van der Waals surface area contributed by atoms with Gasteiger partial charge in [0.25, 0.3) is 0 Å². The van der Waals surface area contributed by atoms with Gasteiger partial charge in [-0.25, -0.2) is 4.79 Å². The molecule has 1 amide bonds. The molecule has 0 radical (unpaired) electrons. The molecule has 4 nitrogen and oxygen atoms in total. The van der Waals surface area contributed by atoms with Gasteiger partial charge in [-0.15, -0.1) is 0 Å². The number of fused-ring (bicyclic) bond motifs is 1. The van der Waals surface area contributed by atoms with Crippen molar-refractivity contribution in [2.45, 2.75) is 52.5 Å². The number of rotatable bonds is 4. The van der Waals surface area contributed by atoms with Crippen LogP contribution in [-0.2, 0) is 20.7 Å². The average molecular weight is 339 g/mol. The molecule has 0 aliphatic heterocycles. The Morgan fingerprint density at radius 2 is 2.00 bits per heavy atom. The number of benzene rings is 1.